The summed E-state index contributed by atoms with van der Waals surface area (Å²) < 4.78 is 0. The molecular weight excluding hydrogens is 376 g/mol. The second-order valence-electron chi connectivity index (χ2n) is 6.83. The third-order valence-electron chi connectivity index (χ3n) is 4.96. The third-order valence-corrected chi connectivity index (χ3v) is 5.25. The number of aromatic amines is 1. The van der Waals surface area contributed by atoms with Crippen LogP contribution in [-0.4, -0.2) is 48.1 Å². The van der Waals surface area contributed by atoms with Gasteiger partial charge in [0.1, 0.15) is 16.8 Å². The number of piperazine rings is 1. The number of anilines is 3. The number of hydrogen-bond acceptors (Lipinski definition) is 6. The van der Waals surface area contributed by atoms with Crippen LogP contribution in [0.15, 0.2) is 41.3 Å². The molecule has 2 N–H and O–H groups in total. The lowest BCUT2D eigenvalue weighted by molar-refractivity contribution is 0.313. The smallest absolute Gasteiger partial charge is 0.250 e. The Bertz CT molecular complexity index is 1130. The maximum absolute atomic E-state index is 12.1. The Labute approximate surface area is 167 Å². The molecule has 0 spiro atoms. The first kappa shape index (κ1) is 18.3. The van der Waals surface area contributed by atoms with Gasteiger partial charge in [-0.25, -0.2) is 4.98 Å². The van der Waals surface area contributed by atoms with Crippen molar-refractivity contribution in [3.05, 3.63) is 57.6 Å². The van der Waals surface area contributed by atoms with E-state index in [1.54, 1.807) is 18.3 Å². The van der Waals surface area contributed by atoms with Gasteiger partial charge < -0.3 is 20.1 Å². The van der Waals surface area contributed by atoms with Crippen molar-refractivity contribution < 1.29 is 0 Å². The number of likely N-dealkylation sites (N-methyl/N-ethyl adjacent to an activating group) is 1. The fourth-order valence-electron chi connectivity index (χ4n) is 3.42. The molecule has 0 saturated carbocycles. The van der Waals surface area contributed by atoms with E-state index in [0.29, 0.717) is 11.3 Å². The van der Waals surface area contributed by atoms with Gasteiger partial charge in [0.2, 0.25) is 5.56 Å². The Balaban J connectivity index is 1.75. The molecule has 1 aliphatic heterocycles. The van der Waals surface area contributed by atoms with Crippen LogP contribution in [0.4, 0.5) is 17.1 Å². The molecule has 0 radical (unpaired) electrons. The highest BCUT2D eigenvalue weighted by atomic mass is 35.5. The number of pyridine rings is 2. The minimum atomic E-state index is -0.116. The van der Waals surface area contributed by atoms with Crippen molar-refractivity contribution in [2.24, 2.45) is 0 Å². The normalized spacial score (nSPS) is 14.8. The molecule has 3 heterocycles. The number of benzene rings is 1. The van der Waals surface area contributed by atoms with E-state index in [1.165, 1.54) is 0 Å². The van der Waals surface area contributed by atoms with Crippen LogP contribution in [0, 0.1) is 11.3 Å². The van der Waals surface area contributed by atoms with Crippen LogP contribution < -0.4 is 15.8 Å². The van der Waals surface area contributed by atoms with Crippen LogP contribution in [0.5, 0.6) is 0 Å². The molecule has 0 unspecified atom stereocenters. The zero-order chi connectivity index (χ0) is 19.7. The number of nitrogens with one attached hydrogen (secondary N) is 2. The molecule has 1 fully saturated rings. The molecule has 0 bridgehead atoms. The Morgan fingerprint density at radius 2 is 2.00 bits per heavy atom. The number of nitrogens with zero attached hydrogens (tertiary/aromatic N) is 4. The summed E-state index contributed by atoms with van der Waals surface area (Å²) in [4.78, 5) is 23.5. The maximum atomic E-state index is 12.1. The van der Waals surface area contributed by atoms with E-state index in [0.717, 1.165) is 48.5 Å². The summed E-state index contributed by atoms with van der Waals surface area (Å²) >= 11 is 6.02. The predicted octanol–water partition coefficient (Wildman–Crippen LogP) is 2.94. The summed E-state index contributed by atoms with van der Waals surface area (Å²) in [6.07, 6.45) is 1.56. The summed E-state index contributed by atoms with van der Waals surface area (Å²) in [5.41, 5.74) is 3.27. The van der Waals surface area contributed by atoms with Crippen molar-refractivity contribution in [1.29, 1.82) is 5.26 Å². The first-order valence-electron chi connectivity index (χ1n) is 8.97. The number of H-pyrrole nitrogens is 1. The number of fused-ring (bicyclic) bond motifs is 1. The second kappa shape index (κ2) is 7.50. The van der Waals surface area contributed by atoms with Gasteiger partial charge >= 0.3 is 0 Å². The predicted molar refractivity (Wildman–Crippen MR) is 112 cm³/mol. The Hall–Kier alpha value is -3.08. The zero-order valence-electron chi connectivity index (χ0n) is 15.4. The van der Waals surface area contributed by atoms with Gasteiger partial charge in [-0.05, 0) is 31.3 Å². The molecule has 3 aromatic rings. The van der Waals surface area contributed by atoms with Crippen LogP contribution in [0.2, 0.25) is 5.15 Å². The molecule has 1 aromatic carbocycles. The average molecular weight is 395 g/mol. The molecule has 0 amide bonds. The van der Waals surface area contributed by atoms with Gasteiger partial charge in [-0.1, -0.05) is 11.6 Å². The van der Waals surface area contributed by atoms with Gasteiger partial charge in [0.05, 0.1) is 16.9 Å². The van der Waals surface area contributed by atoms with Crippen molar-refractivity contribution in [3.63, 3.8) is 0 Å². The SMILES string of the molecule is CN1CCN(c2cc(=O)[nH]c3ccc(Nc4ccnc(Cl)c4C#N)cc23)CC1. The highest BCUT2D eigenvalue weighted by Gasteiger charge is 2.17. The summed E-state index contributed by atoms with van der Waals surface area (Å²) in [6.45, 7) is 3.64. The summed E-state index contributed by atoms with van der Waals surface area (Å²) in [5.74, 6) is 0. The van der Waals surface area contributed by atoms with Gasteiger partial charge in [-0.15, -0.1) is 0 Å². The molecule has 7 nitrogen and oxygen atoms in total. The number of rotatable bonds is 3. The Kier molecular flexibility index (Phi) is 4.90. The lowest BCUT2D eigenvalue weighted by atomic mass is 10.1. The first-order valence-corrected chi connectivity index (χ1v) is 9.35. The highest BCUT2D eigenvalue weighted by Crippen LogP contribution is 2.30. The molecule has 4 rings (SSSR count). The molecule has 8 heteroatoms. The fourth-order valence-corrected chi connectivity index (χ4v) is 3.63. The van der Waals surface area contributed by atoms with E-state index in [4.69, 9.17) is 11.6 Å². The van der Waals surface area contributed by atoms with Gasteiger partial charge in [0, 0.05) is 49.5 Å². The molecule has 0 atom stereocenters. The Morgan fingerprint density at radius 3 is 2.75 bits per heavy atom. The van der Waals surface area contributed by atoms with Gasteiger partial charge in [-0.3, -0.25) is 4.79 Å². The Morgan fingerprint density at radius 1 is 1.21 bits per heavy atom. The van der Waals surface area contributed by atoms with E-state index in [1.807, 2.05) is 18.2 Å². The molecule has 1 saturated heterocycles. The minimum absolute atomic E-state index is 0.116. The van der Waals surface area contributed by atoms with Crippen LogP contribution in [-0.2, 0) is 0 Å². The number of nitriles is 1. The van der Waals surface area contributed by atoms with Gasteiger partial charge in [-0.2, -0.15) is 5.26 Å². The topological polar surface area (TPSA) is 88.1 Å². The number of hydrogen-bond donors (Lipinski definition) is 2. The lowest BCUT2D eigenvalue weighted by Crippen LogP contribution is -2.44. The van der Waals surface area contributed by atoms with Crippen LogP contribution in [0.3, 0.4) is 0 Å². The van der Waals surface area contributed by atoms with E-state index in [-0.39, 0.29) is 10.7 Å². The second-order valence-corrected chi connectivity index (χ2v) is 7.19. The number of aromatic nitrogens is 2. The van der Waals surface area contributed by atoms with Crippen molar-refractivity contribution in [2.45, 2.75) is 0 Å². The maximum Gasteiger partial charge on any atom is 0.250 e. The molecule has 2 aromatic heterocycles. The average Bonchev–Trinajstić information content (AvgIpc) is 2.68. The number of halogens is 1. The fraction of sp³-hybridized carbons (Fsp3) is 0.250. The van der Waals surface area contributed by atoms with Crippen LogP contribution >= 0.6 is 11.6 Å². The lowest BCUT2D eigenvalue weighted by Gasteiger charge is -2.34. The van der Waals surface area contributed by atoms with Crippen molar-refractivity contribution in [3.8, 4) is 6.07 Å². The molecule has 142 valence electrons. The minimum Gasteiger partial charge on any atom is -0.368 e. The van der Waals surface area contributed by atoms with Crippen molar-refractivity contribution in [2.75, 3.05) is 43.4 Å². The third kappa shape index (κ3) is 3.52. The molecule has 1 aliphatic rings. The molecule has 28 heavy (non-hydrogen) atoms. The van der Waals surface area contributed by atoms with Crippen molar-refractivity contribution in [1.82, 2.24) is 14.9 Å². The monoisotopic (exact) mass is 394 g/mol. The largest absolute Gasteiger partial charge is 0.368 e. The van der Waals surface area contributed by atoms with Crippen LogP contribution in [0.25, 0.3) is 10.9 Å². The summed E-state index contributed by atoms with van der Waals surface area (Å²) in [6, 6.07) is 11.2. The van der Waals surface area contributed by atoms with E-state index < -0.39 is 0 Å². The van der Waals surface area contributed by atoms with Gasteiger partial charge in [0.15, 0.2) is 0 Å². The first-order chi connectivity index (χ1) is 13.5. The molecular formula is C20H19ClN6O. The van der Waals surface area contributed by atoms with E-state index in [2.05, 4.69) is 38.2 Å². The van der Waals surface area contributed by atoms with Crippen LogP contribution in [0.1, 0.15) is 5.56 Å². The van der Waals surface area contributed by atoms with E-state index >= 15 is 0 Å². The zero-order valence-corrected chi connectivity index (χ0v) is 16.1. The highest BCUT2D eigenvalue weighted by molar-refractivity contribution is 6.31. The summed E-state index contributed by atoms with van der Waals surface area (Å²) in [5, 5.41) is 13.7. The van der Waals surface area contributed by atoms with Gasteiger partial charge in [0.25, 0.3) is 0 Å². The summed E-state index contributed by atoms with van der Waals surface area (Å²) in [7, 11) is 2.10. The van der Waals surface area contributed by atoms with E-state index in [9.17, 15) is 10.1 Å². The quantitative estimate of drug-likeness (QED) is 0.664. The van der Waals surface area contributed by atoms with Crippen molar-refractivity contribution >= 4 is 39.6 Å². The molecule has 0 aliphatic carbocycles. The standard InChI is InChI=1S/C20H19ClN6O/c1-26-6-8-27(9-7-26)18-11-19(28)25-16-3-2-13(10-14(16)18)24-17-4-5-23-20(21)15(17)12-22/h2-5,10-11H,6-9H2,1H3,(H,23,24)(H,25,28).